The Hall–Kier alpha value is -1.10. The molecule has 0 aromatic rings. The van der Waals surface area contributed by atoms with Crippen molar-refractivity contribution in [1.82, 2.24) is 10.2 Å². The van der Waals surface area contributed by atoms with E-state index in [9.17, 15) is 9.59 Å². The Morgan fingerprint density at radius 1 is 1.32 bits per heavy atom. The molecule has 110 valence electrons. The molecule has 0 radical (unpaired) electrons. The Bertz CT molecular complexity index is 299. The molecule has 0 heterocycles. The number of hydrogen-bond acceptors (Lipinski definition) is 3. The lowest BCUT2D eigenvalue weighted by molar-refractivity contribution is -0.147. The van der Waals surface area contributed by atoms with Gasteiger partial charge >= 0.3 is 11.8 Å². The van der Waals surface area contributed by atoms with Gasteiger partial charge in [0.25, 0.3) is 0 Å². The van der Waals surface area contributed by atoms with Crippen LogP contribution in [0.3, 0.4) is 0 Å². The third-order valence-electron chi connectivity index (χ3n) is 3.60. The molecule has 0 aromatic carbocycles. The molecule has 3 N–H and O–H groups in total. The second kappa shape index (κ2) is 8.15. The topological polar surface area (TPSA) is 75.4 Å². The fourth-order valence-corrected chi connectivity index (χ4v) is 2.45. The highest BCUT2D eigenvalue weighted by Gasteiger charge is 2.30. The summed E-state index contributed by atoms with van der Waals surface area (Å²) in [5.74, 6) is -0.370. The van der Waals surface area contributed by atoms with E-state index in [4.69, 9.17) is 5.73 Å². The normalized spacial score (nSPS) is 15.8. The zero-order valence-corrected chi connectivity index (χ0v) is 12.2. The van der Waals surface area contributed by atoms with Crippen molar-refractivity contribution in [2.75, 3.05) is 19.6 Å². The molecule has 1 saturated carbocycles. The third kappa shape index (κ3) is 5.19. The first kappa shape index (κ1) is 16.0. The first-order valence-electron chi connectivity index (χ1n) is 7.35. The molecule has 19 heavy (non-hydrogen) atoms. The van der Waals surface area contributed by atoms with Gasteiger partial charge in [-0.15, -0.1) is 0 Å². The zero-order valence-electron chi connectivity index (χ0n) is 12.2. The zero-order chi connectivity index (χ0) is 14.3. The number of rotatable bonds is 6. The minimum atomic E-state index is -0.513. The number of nitrogens with two attached hydrogens (primary N) is 1. The van der Waals surface area contributed by atoms with E-state index in [1.54, 1.807) is 4.90 Å². The second-order valence-corrected chi connectivity index (χ2v) is 5.66. The highest BCUT2D eigenvalue weighted by Crippen LogP contribution is 2.24. The fourth-order valence-electron chi connectivity index (χ4n) is 2.45. The molecule has 2 amide bonds. The van der Waals surface area contributed by atoms with E-state index in [0.717, 1.165) is 32.1 Å². The molecule has 5 heteroatoms. The van der Waals surface area contributed by atoms with Crippen LogP contribution in [0.15, 0.2) is 0 Å². The Kier molecular flexibility index (Phi) is 6.84. The van der Waals surface area contributed by atoms with Crippen molar-refractivity contribution in [2.24, 2.45) is 11.7 Å². The molecule has 5 nitrogen and oxygen atoms in total. The SMILES string of the molecule is CC(C)CCN(C(=O)C(=O)NCCN)C1CCCC1. The number of nitrogens with zero attached hydrogens (tertiary/aromatic N) is 1. The number of nitrogens with one attached hydrogen (secondary N) is 1. The van der Waals surface area contributed by atoms with Gasteiger partial charge in [0.15, 0.2) is 0 Å². The molecule has 0 unspecified atom stereocenters. The monoisotopic (exact) mass is 269 g/mol. The Labute approximate surface area is 115 Å². The van der Waals surface area contributed by atoms with Crippen molar-refractivity contribution < 1.29 is 9.59 Å². The maximum Gasteiger partial charge on any atom is 0.312 e. The predicted octanol–water partition coefficient (Wildman–Crippen LogP) is 0.879. The largest absolute Gasteiger partial charge is 0.347 e. The molecular formula is C14H27N3O2. The van der Waals surface area contributed by atoms with Gasteiger partial charge in [-0.3, -0.25) is 9.59 Å². The van der Waals surface area contributed by atoms with Crippen molar-refractivity contribution in [2.45, 2.75) is 52.0 Å². The molecule has 1 aliphatic rings. The average molecular weight is 269 g/mol. The summed E-state index contributed by atoms with van der Waals surface area (Å²) in [6, 6.07) is 0.245. The van der Waals surface area contributed by atoms with E-state index in [-0.39, 0.29) is 11.9 Å². The average Bonchev–Trinajstić information content (AvgIpc) is 2.89. The molecule has 0 bridgehead atoms. The Balaban J connectivity index is 2.60. The molecule has 0 atom stereocenters. The summed E-state index contributed by atoms with van der Waals surface area (Å²) in [4.78, 5) is 25.8. The van der Waals surface area contributed by atoms with Gasteiger partial charge < -0.3 is 16.0 Å². The van der Waals surface area contributed by atoms with Gasteiger partial charge in [-0.05, 0) is 25.2 Å². The molecule has 1 fully saturated rings. The molecule has 1 rings (SSSR count). The highest BCUT2D eigenvalue weighted by molar-refractivity contribution is 6.35. The highest BCUT2D eigenvalue weighted by atomic mass is 16.2. The van der Waals surface area contributed by atoms with E-state index in [1.807, 2.05) is 0 Å². The quantitative estimate of drug-likeness (QED) is 0.703. The van der Waals surface area contributed by atoms with E-state index < -0.39 is 5.91 Å². The van der Waals surface area contributed by atoms with Gasteiger partial charge in [0.05, 0.1) is 0 Å². The molecular weight excluding hydrogens is 242 g/mol. The molecule has 0 spiro atoms. The van der Waals surface area contributed by atoms with Crippen LogP contribution in [0, 0.1) is 5.92 Å². The van der Waals surface area contributed by atoms with Crippen LogP contribution >= 0.6 is 0 Å². The summed E-state index contributed by atoms with van der Waals surface area (Å²) >= 11 is 0. The Morgan fingerprint density at radius 2 is 1.95 bits per heavy atom. The smallest absolute Gasteiger partial charge is 0.312 e. The van der Waals surface area contributed by atoms with Crippen LogP contribution in [0.1, 0.15) is 46.0 Å². The minimum Gasteiger partial charge on any atom is -0.347 e. The van der Waals surface area contributed by atoms with Crippen molar-refractivity contribution in [1.29, 1.82) is 0 Å². The molecule has 0 aliphatic heterocycles. The van der Waals surface area contributed by atoms with Crippen molar-refractivity contribution in [3.8, 4) is 0 Å². The molecule has 0 saturated heterocycles. The van der Waals surface area contributed by atoms with Crippen molar-refractivity contribution in [3.63, 3.8) is 0 Å². The maximum atomic E-state index is 12.2. The first-order valence-corrected chi connectivity index (χ1v) is 7.35. The van der Waals surface area contributed by atoms with E-state index in [2.05, 4.69) is 19.2 Å². The van der Waals surface area contributed by atoms with E-state index >= 15 is 0 Å². The summed E-state index contributed by atoms with van der Waals surface area (Å²) in [7, 11) is 0. The van der Waals surface area contributed by atoms with E-state index in [0.29, 0.717) is 25.6 Å². The standard InChI is InChI=1S/C14H27N3O2/c1-11(2)7-10-17(12-5-3-4-6-12)14(19)13(18)16-9-8-15/h11-12H,3-10,15H2,1-2H3,(H,16,18). The first-order chi connectivity index (χ1) is 9.06. The summed E-state index contributed by atoms with van der Waals surface area (Å²) in [6.07, 6.45) is 5.29. The van der Waals surface area contributed by atoms with Crippen LogP contribution in [0.5, 0.6) is 0 Å². The summed E-state index contributed by atoms with van der Waals surface area (Å²) in [5.41, 5.74) is 5.33. The molecule has 1 aliphatic carbocycles. The van der Waals surface area contributed by atoms with Gasteiger partial charge in [-0.1, -0.05) is 26.7 Å². The van der Waals surface area contributed by atoms with E-state index in [1.165, 1.54) is 0 Å². The van der Waals surface area contributed by atoms with Crippen LogP contribution in [-0.2, 0) is 9.59 Å². The third-order valence-corrected chi connectivity index (χ3v) is 3.60. The second-order valence-electron chi connectivity index (χ2n) is 5.66. The van der Waals surface area contributed by atoms with Gasteiger partial charge in [-0.25, -0.2) is 0 Å². The minimum absolute atomic E-state index is 0.245. The van der Waals surface area contributed by atoms with Crippen molar-refractivity contribution in [3.05, 3.63) is 0 Å². The van der Waals surface area contributed by atoms with Crippen LogP contribution in [0.2, 0.25) is 0 Å². The number of hydrogen-bond donors (Lipinski definition) is 2. The number of carbonyl (C=O) groups is 2. The summed E-state index contributed by atoms with van der Waals surface area (Å²) < 4.78 is 0. The summed E-state index contributed by atoms with van der Waals surface area (Å²) in [5, 5.41) is 2.57. The van der Waals surface area contributed by atoms with Gasteiger partial charge in [0.1, 0.15) is 0 Å². The van der Waals surface area contributed by atoms with Crippen molar-refractivity contribution >= 4 is 11.8 Å². The number of amides is 2. The van der Waals surface area contributed by atoms with Crippen LogP contribution in [0.4, 0.5) is 0 Å². The Morgan fingerprint density at radius 3 is 2.47 bits per heavy atom. The molecule has 0 aromatic heterocycles. The maximum absolute atomic E-state index is 12.2. The van der Waals surface area contributed by atoms with Gasteiger partial charge in [-0.2, -0.15) is 0 Å². The predicted molar refractivity (Wildman–Crippen MR) is 75.5 cm³/mol. The lowest BCUT2D eigenvalue weighted by atomic mass is 10.1. The fraction of sp³-hybridized carbons (Fsp3) is 0.857. The van der Waals surface area contributed by atoms with Crippen LogP contribution < -0.4 is 11.1 Å². The van der Waals surface area contributed by atoms with Gasteiger partial charge in [0, 0.05) is 25.7 Å². The van der Waals surface area contributed by atoms with Crippen LogP contribution in [0.25, 0.3) is 0 Å². The van der Waals surface area contributed by atoms with Gasteiger partial charge in [0.2, 0.25) is 0 Å². The number of carbonyl (C=O) groups excluding carboxylic acids is 2. The summed E-state index contributed by atoms with van der Waals surface area (Å²) in [6.45, 7) is 5.65. The lowest BCUT2D eigenvalue weighted by Crippen LogP contribution is -2.48. The lowest BCUT2D eigenvalue weighted by Gasteiger charge is -2.29. The van der Waals surface area contributed by atoms with Crippen LogP contribution in [-0.4, -0.2) is 42.4 Å².